The summed E-state index contributed by atoms with van der Waals surface area (Å²) in [6.07, 6.45) is 1.70. The molecule has 0 aliphatic carbocycles. The van der Waals surface area contributed by atoms with Crippen molar-refractivity contribution >= 4 is 63.0 Å². The quantitative estimate of drug-likeness (QED) is 0.165. The SMILES string of the molecule is CN(C)c1ccc(N2C(=O)/C(=C\c3ccc(Oc4ccc([N+](=O)[O-])cc4[N+](=O)[O-])cc3)SC2=S)cc1. The van der Waals surface area contributed by atoms with Crippen LogP contribution in [-0.4, -0.2) is 34.2 Å². The second-order valence-corrected chi connectivity index (χ2v) is 9.44. The maximum absolute atomic E-state index is 13.0. The van der Waals surface area contributed by atoms with Crippen molar-refractivity contribution in [1.82, 2.24) is 0 Å². The number of nitro benzene ring substituents is 2. The Kier molecular flexibility index (Phi) is 6.99. The summed E-state index contributed by atoms with van der Waals surface area (Å²) in [6, 6.07) is 17.2. The van der Waals surface area contributed by atoms with E-state index in [9.17, 15) is 25.0 Å². The molecule has 1 saturated heterocycles. The molecule has 182 valence electrons. The van der Waals surface area contributed by atoms with E-state index in [1.165, 1.54) is 22.7 Å². The first-order valence-corrected chi connectivity index (χ1v) is 11.6. The monoisotopic (exact) mass is 522 g/mol. The normalized spacial score (nSPS) is 14.3. The molecule has 0 aromatic heterocycles. The van der Waals surface area contributed by atoms with Crippen LogP contribution in [0.15, 0.2) is 71.6 Å². The van der Waals surface area contributed by atoms with E-state index in [0.717, 1.165) is 17.8 Å². The molecule has 36 heavy (non-hydrogen) atoms. The molecule has 1 aliphatic heterocycles. The number of carbonyl (C=O) groups is 1. The molecule has 0 unspecified atom stereocenters. The topological polar surface area (TPSA) is 119 Å². The van der Waals surface area contributed by atoms with Gasteiger partial charge in [0.05, 0.1) is 26.5 Å². The van der Waals surface area contributed by atoms with Crippen LogP contribution >= 0.6 is 24.0 Å². The molecule has 0 saturated carbocycles. The molecule has 1 aliphatic rings. The molecule has 4 rings (SSSR count). The van der Waals surface area contributed by atoms with Crippen molar-refractivity contribution in [3.05, 3.63) is 97.4 Å². The van der Waals surface area contributed by atoms with E-state index in [1.807, 2.05) is 43.3 Å². The van der Waals surface area contributed by atoms with Crippen LogP contribution in [0.1, 0.15) is 5.56 Å². The molecule has 0 spiro atoms. The van der Waals surface area contributed by atoms with Crippen molar-refractivity contribution in [2.75, 3.05) is 23.9 Å². The molecule has 3 aromatic rings. The summed E-state index contributed by atoms with van der Waals surface area (Å²) in [5, 5.41) is 22.2. The number of nitrogens with zero attached hydrogens (tertiary/aromatic N) is 4. The predicted molar refractivity (Wildman–Crippen MR) is 143 cm³/mol. The summed E-state index contributed by atoms with van der Waals surface area (Å²) in [5.41, 5.74) is 1.45. The fourth-order valence-corrected chi connectivity index (χ4v) is 4.65. The maximum atomic E-state index is 13.0. The third-order valence-corrected chi connectivity index (χ3v) is 6.48. The number of anilines is 2. The minimum absolute atomic E-state index is 0.125. The molecule has 0 bridgehead atoms. The lowest BCUT2D eigenvalue weighted by atomic mass is 10.2. The Morgan fingerprint density at radius 1 is 0.972 bits per heavy atom. The summed E-state index contributed by atoms with van der Waals surface area (Å²) in [4.78, 5) is 37.7. The number of amides is 1. The first kappa shape index (κ1) is 24.8. The number of thiocarbonyl (C=S) groups is 1. The number of hydrogen-bond acceptors (Lipinski definition) is 9. The van der Waals surface area contributed by atoms with Gasteiger partial charge in [-0.05, 0) is 54.1 Å². The van der Waals surface area contributed by atoms with E-state index in [0.29, 0.717) is 20.5 Å². The van der Waals surface area contributed by atoms with Crippen LogP contribution in [0.2, 0.25) is 0 Å². The third-order valence-electron chi connectivity index (χ3n) is 5.17. The highest BCUT2D eigenvalue weighted by Gasteiger charge is 2.33. The van der Waals surface area contributed by atoms with Gasteiger partial charge < -0.3 is 9.64 Å². The number of non-ortho nitro benzene ring substituents is 1. The predicted octanol–water partition coefficient (Wildman–Crippen LogP) is 5.77. The molecule has 3 aromatic carbocycles. The zero-order valence-electron chi connectivity index (χ0n) is 19.0. The van der Waals surface area contributed by atoms with Gasteiger partial charge in [0, 0.05) is 25.8 Å². The second-order valence-electron chi connectivity index (χ2n) is 7.77. The average molecular weight is 523 g/mol. The lowest BCUT2D eigenvalue weighted by Gasteiger charge is -2.17. The zero-order chi connectivity index (χ0) is 26.0. The lowest BCUT2D eigenvalue weighted by molar-refractivity contribution is -0.394. The number of ether oxygens (including phenoxy) is 1. The molecule has 12 heteroatoms. The standard InChI is InChI=1S/C24H18N4O6S2/c1-25(2)16-5-7-17(8-6-16)26-23(29)22(36-24(26)35)13-15-3-10-19(11-4-15)34-21-12-9-18(27(30)31)14-20(21)28(32)33/h3-14H,1-2H3/b22-13+. The average Bonchev–Trinajstić information content (AvgIpc) is 3.12. The van der Waals surface area contributed by atoms with Crippen LogP contribution < -0.4 is 14.5 Å². The van der Waals surface area contributed by atoms with Gasteiger partial charge in [0.15, 0.2) is 4.32 Å². The number of hydrogen-bond donors (Lipinski definition) is 0. The Bertz CT molecular complexity index is 1410. The largest absolute Gasteiger partial charge is 0.450 e. The number of rotatable bonds is 7. The Hall–Kier alpha value is -4.29. The van der Waals surface area contributed by atoms with Crippen molar-refractivity contribution < 1.29 is 19.4 Å². The second kappa shape index (κ2) is 10.1. The van der Waals surface area contributed by atoms with E-state index in [4.69, 9.17) is 17.0 Å². The van der Waals surface area contributed by atoms with E-state index >= 15 is 0 Å². The van der Waals surface area contributed by atoms with Gasteiger partial charge in [-0.15, -0.1) is 0 Å². The highest BCUT2D eigenvalue weighted by atomic mass is 32.2. The summed E-state index contributed by atoms with van der Waals surface area (Å²) < 4.78 is 6.01. The summed E-state index contributed by atoms with van der Waals surface area (Å²) in [5.74, 6) is -0.0680. The van der Waals surface area contributed by atoms with Crippen LogP contribution in [0.5, 0.6) is 11.5 Å². The number of nitro groups is 2. The van der Waals surface area contributed by atoms with Gasteiger partial charge in [0.2, 0.25) is 5.75 Å². The Balaban J connectivity index is 1.51. The molecule has 1 amide bonds. The van der Waals surface area contributed by atoms with E-state index in [2.05, 4.69) is 0 Å². The maximum Gasteiger partial charge on any atom is 0.318 e. The third kappa shape index (κ3) is 5.19. The van der Waals surface area contributed by atoms with Crippen molar-refractivity contribution in [3.8, 4) is 11.5 Å². The highest BCUT2D eigenvalue weighted by Crippen LogP contribution is 2.37. The Morgan fingerprint density at radius 3 is 2.22 bits per heavy atom. The molecule has 1 fully saturated rings. The van der Waals surface area contributed by atoms with Crippen LogP contribution in [0.4, 0.5) is 22.7 Å². The molecule has 0 radical (unpaired) electrons. The Labute approximate surface area is 215 Å². The fraction of sp³-hybridized carbons (Fsp3) is 0.0833. The van der Waals surface area contributed by atoms with Crippen molar-refractivity contribution in [2.45, 2.75) is 0 Å². The molecule has 0 N–H and O–H groups in total. The molecular formula is C24H18N4O6S2. The number of carbonyl (C=O) groups excluding carboxylic acids is 1. The first-order chi connectivity index (χ1) is 17.1. The van der Waals surface area contributed by atoms with Crippen LogP contribution in [0, 0.1) is 20.2 Å². The van der Waals surface area contributed by atoms with Crippen LogP contribution in [-0.2, 0) is 4.79 Å². The molecule has 0 atom stereocenters. The minimum atomic E-state index is -0.743. The summed E-state index contributed by atoms with van der Waals surface area (Å²) >= 11 is 6.62. The van der Waals surface area contributed by atoms with Crippen LogP contribution in [0.3, 0.4) is 0 Å². The van der Waals surface area contributed by atoms with Crippen molar-refractivity contribution in [1.29, 1.82) is 0 Å². The minimum Gasteiger partial charge on any atom is -0.450 e. The summed E-state index contributed by atoms with van der Waals surface area (Å²) in [7, 11) is 3.86. The van der Waals surface area contributed by atoms with E-state index < -0.39 is 21.2 Å². The van der Waals surface area contributed by atoms with Crippen molar-refractivity contribution in [3.63, 3.8) is 0 Å². The van der Waals surface area contributed by atoms with Gasteiger partial charge in [0.1, 0.15) is 5.75 Å². The molecule has 1 heterocycles. The smallest absolute Gasteiger partial charge is 0.318 e. The van der Waals surface area contributed by atoms with Gasteiger partial charge in [-0.25, -0.2) is 0 Å². The zero-order valence-corrected chi connectivity index (χ0v) is 20.6. The fourth-order valence-electron chi connectivity index (χ4n) is 3.35. The van der Waals surface area contributed by atoms with Gasteiger partial charge in [-0.1, -0.05) is 36.1 Å². The highest BCUT2D eigenvalue weighted by molar-refractivity contribution is 8.27. The van der Waals surface area contributed by atoms with E-state index in [-0.39, 0.29) is 17.4 Å². The van der Waals surface area contributed by atoms with Gasteiger partial charge in [-0.3, -0.25) is 29.9 Å². The lowest BCUT2D eigenvalue weighted by Crippen LogP contribution is -2.27. The molecular weight excluding hydrogens is 504 g/mol. The van der Waals surface area contributed by atoms with E-state index in [1.54, 1.807) is 30.3 Å². The van der Waals surface area contributed by atoms with Gasteiger partial charge in [-0.2, -0.15) is 0 Å². The Morgan fingerprint density at radius 2 is 1.64 bits per heavy atom. The first-order valence-electron chi connectivity index (χ1n) is 10.4. The van der Waals surface area contributed by atoms with Crippen LogP contribution in [0.25, 0.3) is 6.08 Å². The molecule has 10 nitrogen and oxygen atoms in total. The summed E-state index contributed by atoms with van der Waals surface area (Å²) in [6.45, 7) is 0. The van der Waals surface area contributed by atoms with Gasteiger partial charge in [0.25, 0.3) is 11.6 Å². The van der Waals surface area contributed by atoms with Crippen molar-refractivity contribution in [2.24, 2.45) is 0 Å². The van der Waals surface area contributed by atoms with Gasteiger partial charge >= 0.3 is 5.69 Å². The number of thioether (sulfide) groups is 1. The number of benzene rings is 3.